The fourth-order valence-electron chi connectivity index (χ4n) is 2.75. The van der Waals surface area contributed by atoms with E-state index < -0.39 is 0 Å². The molecule has 6 nitrogen and oxygen atoms in total. The highest BCUT2D eigenvalue weighted by molar-refractivity contribution is 6.17. The molecule has 31 heavy (non-hydrogen) atoms. The summed E-state index contributed by atoms with van der Waals surface area (Å²) >= 11 is 0. The number of allylic oxidation sites excluding steroid dienone is 1. The van der Waals surface area contributed by atoms with E-state index in [9.17, 15) is 4.79 Å². The van der Waals surface area contributed by atoms with Crippen molar-refractivity contribution in [3.8, 4) is 0 Å². The summed E-state index contributed by atoms with van der Waals surface area (Å²) in [6, 6.07) is 18.2. The second kappa shape index (κ2) is 13.9. The third-order valence-corrected chi connectivity index (χ3v) is 4.84. The number of anilines is 2. The molecular weight excluding hydrogens is 386 g/mol. The number of rotatable bonds is 9. The predicted molar refractivity (Wildman–Crippen MR) is 134 cm³/mol. The Morgan fingerprint density at radius 3 is 2.13 bits per heavy atom. The monoisotopic (exact) mass is 421 g/mol. The van der Waals surface area contributed by atoms with Crippen molar-refractivity contribution in [2.45, 2.75) is 33.2 Å². The Labute approximate surface area is 186 Å². The molecule has 6 heteroatoms. The van der Waals surface area contributed by atoms with Gasteiger partial charge in [-0.3, -0.25) is 9.79 Å². The Bertz CT molecular complexity index is 857. The number of nitrogens with zero attached hydrogens (tertiary/aromatic N) is 2. The number of amides is 1. The van der Waals surface area contributed by atoms with Crippen LogP contribution in [0.4, 0.5) is 11.4 Å². The topological polar surface area (TPSA) is 80.6 Å². The first kappa shape index (κ1) is 25.8. The first-order valence-electron chi connectivity index (χ1n) is 10.3. The highest BCUT2D eigenvalue weighted by Crippen LogP contribution is 2.15. The van der Waals surface area contributed by atoms with Gasteiger partial charge in [-0.15, -0.1) is 0 Å². The van der Waals surface area contributed by atoms with E-state index in [0.29, 0.717) is 17.4 Å². The molecule has 0 heterocycles. The fourth-order valence-corrected chi connectivity index (χ4v) is 2.75. The molecule has 1 unspecified atom stereocenters. The van der Waals surface area contributed by atoms with E-state index in [0.717, 1.165) is 24.9 Å². The van der Waals surface area contributed by atoms with Crippen molar-refractivity contribution >= 4 is 30.2 Å². The third-order valence-electron chi connectivity index (χ3n) is 4.84. The standard InChI is InChI=1S/C18H27N5O.C7H8/c1-6-16(23(4)5)12-21-14-7-9-15(10-8-14)22-18(24)17(11-19)13(2)20-3;1-7-5-3-2-4-6-7/h7-11,16,19,21H,3,6,12H2,1-2,4-5H3,(H,22,24);2-6H,1H3/b17-13+,19-11?;. The lowest BCUT2D eigenvalue weighted by Crippen LogP contribution is -2.33. The Kier molecular flexibility index (Phi) is 11.5. The van der Waals surface area contributed by atoms with Gasteiger partial charge in [-0.05, 0) is 65.3 Å². The molecule has 1 amide bonds. The number of benzene rings is 2. The van der Waals surface area contributed by atoms with Crippen LogP contribution in [-0.4, -0.2) is 50.4 Å². The average Bonchev–Trinajstić information content (AvgIpc) is 2.76. The van der Waals surface area contributed by atoms with Gasteiger partial charge in [-0.1, -0.05) is 42.8 Å². The molecule has 0 saturated heterocycles. The van der Waals surface area contributed by atoms with Crippen LogP contribution in [0.25, 0.3) is 0 Å². The van der Waals surface area contributed by atoms with Gasteiger partial charge in [0.05, 0.1) is 11.3 Å². The van der Waals surface area contributed by atoms with Crippen molar-refractivity contribution in [1.29, 1.82) is 5.41 Å². The summed E-state index contributed by atoms with van der Waals surface area (Å²) in [6.45, 7) is 10.1. The highest BCUT2D eigenvalue weighted by atomic mass is 16.1. The first-order valence-corrected chi connectivity index (χ1v) is 10.3. The molecule has 0 radical (unpaired) electrons. The maximum atomic E-state index is 12.1. The zero-order valence-corrected chi connectivity index (χ0v) is 19.3. The van der Waals surface area contributed by atoms with Gasteiger partial charge < -0.3 is 20.9 Å². The summed E-state index contributed by atoms with van der Waals surface area (Å²) in [5.41, 5.74) is 3.61. The van der Waals surface area contributed by atoms with Crippen LogP contribution in [0, 0.1) is 12.3 Å². The van der Waals surface area contributed by atoms with Crippen molar-refractivity contribution in [3.05, 3.63) is 71.4 Å². The SMILES string of the molecule is C=N/C(C)=C(\C=N)C(=O)Nc1ccc(NCC(CC)N(C)C)cc1.Cc1ccccc1. The number of aryl methyl sites for hydroxylation is 1. The number of hydrogen-bond donors (Lipinski definition) is 3. The number of aliphatic imine (C=N–C) groups is 1. The quantitative estimate of drug-likeness (QED) is 0.394. The maximum Gasteiger partial charge on any atom is 0.259 e. The predicted octanol–water partition coefficient (Wildman–Crippen LogP) is 5.00. The number of likely N-dealkylation sites (N-methyl/N-ethyl adjacent to an activating group) is 1. The van der Waals surface area contributed by atoms with E-state index in [1.165, 1.54) is 5.56 Å². The molecule has 1 atom stereocenters. The number of hydrogen-bond acceptors (Lipinski definition) is 5. The van der Waals surface area contributed by atoms with Crippen molar-refractivity contribution < 1.29 is 4.79 Å². The Hall–Kier alpha value is -3.25. The smallest absolute Gasteiger partial charge is 0.259 e. The average molecular weight is 422 g/mol. The number of nitrogens with one attached hydrogen (secondary N) is 3. The summed E-state index contributed by atoms with van der Waals surface area (Å²) in [7, 11) is 4.14. The van der Waals surface area contributed by atoms with Crippen molar-refractivity contribution in [2.24, 2.45) is 4.99 Å². The normalized spacial score (nSPS) is 12.1. The third kappa shape index (κ3) is 9.40. The summed E-state index contributed by atoms with van der Waals surface area (Å²) in [5.74, 6) is -0.366. The minimum Gasteiger partial charge on any atom is -0.383 e. The van der Waals surface area contributed by atoms with Crippen LogP contribution in [0.2, 0.25) is 0 Å². The molecule has 0 saturated carbocycles. The zero-order chi connectivity index (χ0) is 23.2. The molecule has 166 valence electrons. The van der Waals surface area contributed by atoms with Gasteiger partial charge in [0, 0.05) is 30.2 Å². The molecule has 2 rings (SSSR count). The van der Waals surface area contributed by atoms with E-state index >= 15 is 0 Å². The van der Waals surface area contributed by atoms with Crippen LogP contribution in [0.5, 0.6) is 0 Å². The molecule has 2 aromatic carbocycles. The molecule has 0 aliphatic rings. The molecule has 0 aliphatic heterocycles. The van der Waals surface area contributed by atoms with Crippen molar-refractivity contribution in [3.63, 3.8) is 0 Å². The lowest BCUT2D eigenvalue weighted by Gasteiger charge is -2.23. The Morgan fingerprint density at radius 1 is 1.13 bits per heavy atom. The van der Waals surface area contributed by atoms with Gasteiger partial charge in [0.1, 0.15) is 0 Å². The molecule has 3 N–H and O–H groups in total. The molecule has 0 aliphatic carbocycles. The summed E-state index contributed by atoms with van der Waals surface area (Å²) in [5, 5.41) is 13.5. The minimum absolute atomic E-state index is 0.198. The second-order valence-electron chi connectivity index (χ2n) is 7.39. The van der Waals surface area contributed by atoms with E-state index in [1.54, 1.807) is 6.92 Å². The second-order valence-corrected chi connectivity index (χ2v) is 7.39. The van der Waals surface area contributed by atoms with E-state index in [2.05, 4.69) is 67.3 Å². The Balaban J connectivity index is 0.000000577. The van der Waals surface area contributed by atoms with E-state index in [4.69, 9.17) is 5.41 Å². The van der Waals surface area contributed by atoms with Crippen LogP contribution in [0.15, 0.2) is 70.9 Å². The van der Waals surface area contributed by atoms with Gasteiger partial charge >= 0.3 is 0 Å². The molecule has 2 aromatic rings. The molecule has 0 spiro atoms. The van der Waals surface area contributed by atoms with Gasteiger partial charge in [0.15, 0.2) is 0 Å². The van der Waals surface area contributed by atoms with Crippen LogP contribution in [0.3, 0.4) is 0 Å². The van der Waals surface area contributed by atoms with E-state index in [-0.39, 0.29) is 11.5 Å². The van der Waals surface area contributed by atoms with Crippen LogP contribution in [-0.2, 0) is 4.79 Å². The fraction of sp³-hybridized carbons (Fsp3) is 0.320. The van der Waals surface area contributed by atoms with E-state index in [1.807, 2.05) is 42.5 Å². The van der Waals surface area contributed by atoms with Crippen LogP contribution >= 0.6 is 0 Å². The number of carbonyl (C=O) groups is 1. The van der Waals surface area contributed by atoms with Crippen molar-refractivity contribution in [1.82, 2.24) is 4.90 Å². The summed E-state index contributed by atoms with van der Waals surface area (Å²) in [6.07, 6.45) is 2.06. The lowest BCUT2D eigenvalue weighted by molar-refractivity contribution is -0.112. The zero-order valence-electron chi connectivity index (χ0n) is 19.3. The first-order chi connectivity index (χ1) is 14.8. The molecular formula is C25H35N5O. The van der Waals surface area contributed by atoms with Crippen LogP contribution < -0.4 is 10.6 Å². The van der Waals surface area contributed by atoms with Crippen LogP contribution in [0.1, 0.15) is 25.8 Å². The maximum absolute atomic E-state index is 12.1. The largest absolute Gasteiger partial charge is 0.383 e. The van der Waals surface area contributed by atoms with Gasteiger partial charge in [0.25, 0.3) is 5.91 Å². The van der Waals surface area contributed by atoms with Gasteiger partial charge in [0.2, 0.25) is 0 Å². The minimum atomic E-state index is -0.366. The highest BCUT2D eigenvalue weighted by Gasteiger charge is 2.11. The van der Waals surface area contributed by atoms with Gasteiger partial charge in [-0.25, -0.2) is 0 Å². The molecule has 0 fully saturated rings. The van der Waals surface area contributed by atoms with Crippen molar-refractivity contribution in [2.75, 3.05) is 31.3 Å². The number of carbonyl (C=O) groups excluding carboxylic acids is 1. The molecule has 0 aromatic heterocycles. The lowest BCUT2D eigenvalue weighted by atomic mass is 10.2. The Morgan fingerprint density at radius 2 is 1.71 bits per heavy atom. The molecule has 0 bridgehead atoms. The van der Waals surface area contributed by atoms with Gasteiger partial charge in [-0.2, -0.15) is 0 Å². The summed E-state index contributed by atoms with van der Waals surface area (Å²) in [4.78, 5) is 18.0. The summed E-state index contributed by atoms with van der Waals surface area (Å²) < 4.78 is 0.